The number of Topliss-reactive ketones (excluding diaryl/α,β-unsaturated/α-hetero) is 1. The first-order chi connectivity index (χ1) is 7.70. The predicted molar refractivity (Wildman–Crippen MR) is 50.5 cm³/mol. The van der Waals surface area contributed by atoms with Gasteiger partial charge in [0.2, 0.25) is 0 Å². The van der Waals surface area contributed by atoms with Crippen LogP contribution in [0.15, 0.2) is 18.2 Å². The first kappa shape index (κ1) is 13.6. The molecule has 1 aromatic rings. The molecule has 0 N–H and O–H groups in total. The molecule has 0 spiro atoms. The van der Waals surface area contributed by atoms with E-state index in [0.717, 1.165) is 6.92 Å². The number of hydrogen-bond acceptors (Lipinski definition) is 1. The van der Waals surface area contributed by atoms with Gasteiger partial charge in [0.15, 0.2) is 0 Å². The Balaban J connectivity index is 3.17. The zero-order chi connectivity index (χ0) is 13.2. The van der Waals surface area contributed by atoms with Crippen LogP contribution in [0.25, 0.3) is 0 Å². The van der Waals surface area contributed by atoms with Crippen LogP contribution in [0.1, 0.15) is 24.8 Å². The Morgan fingerprint density at radius 1 is 1.18 bits per heavy atom. The zero-order valence-corrected chi connectivity index (χ0v) is 8.81. The maximum atomic E-state index is 12.8. The van der Waals surface area contributed by atoms with Gasteiger partial charge in [-0.3, -0.25) is 0 Å². The van der Waals surface area contributed by atoms with Crippen molar-refractivity contribution in [3.05, 3.63) is 35.4 Å². The van der Waals surface area contributed by atoms with Crippen LogP contribution in [0.4, 0.5) is 22.0 Å². The minimum Gasteiger partial charge on any atom is -0.300 e. The summed E-state index contributed by atoms with van der Waals surface area (Å²) in [6.45, 7) is 0.994. The lowest BCUT2D eigenvalue weighted by Crippen LogP contribution is -2.23. The van der Waals surface area contributed by atoms with E-state index >= 15 is 0 Å². The fourth-order valence-corrected chi connectivity index (χ4v) is 1.49. The van der Waals surface area contributed by atoms with Gasteiger partial charge in [0.05, 0.1) is 5.92 Å². The van der Waals surface area contributed by atoms with Crippen LogP contribution in [-0.4, -0.2) is 12.0 Å². The number of carbonyl (C=O) groups is 1. The highest BCUT2D eigenvalue weighted by Gasteiger charge is 2.41. The molecule has 17 heavy (non-hydrogen) atoms. The van der Waals surface area contributed by atoms with Crippen molar-refractivity contribution in [1.29, 1.82) is 0 Å². The van der Waals surface area contributed by atoms with Crippen molar-refractivity contribution < 1.29 is 26.7 Å². The van der Waals surface area contributed by atoms with E-state index in [0.29, 0.717) is 18.2 Å². The van der Waals surface area contributed by atoms with Crippen LogP contribution in [0.3, 0.4) is 0 Å². The quantitative estimate of drug-likeness (QED) is 0.751. The number of carbonyl (C=O) groups excluding carboxylic acids is 1. The molecule has 0 saturated heterocycles. The average Bonchev–Trinajstić information content (AvgIpc) is 2.10. The largest absolute Gasteiger partial charge is 0.396 e. The monoisotopic (exact) mass is 252 g/mol. The van der Waals surface area contributed by atoms with Crippen LogP contribution in [-0.2, 0) is 4.79 Å². The van der Waals surface area contributed by atoms with Gasteiger partial charge in [-0.25, -0.2) is 8.78 Å². The van der Waals surface area contributed by atoms with Crippen LogP contribution in [0.2, 0.25) is 0 Å². The van der Waals surface area contributed by atoms with E-state index in [4.69, 9.17) is 0 Å². The lowest BCUT2D eigenvalue weighted by molar-refractivity contribution is -0.156. The Hall–Kier alpha value is -1.46. The fraction of sp³-hybridized carbons (Fsp3) is 0.364. The summed E-state index contributed by atoms with van der Waals surface area (Å²) >= 11 is 0. The standard InChI is InChI=1S/C11H9F5O/c1-6(17)2-10(11(14,15)16)7-3-8(12)5-9(13)4-7/h3-5,10H,2H2,1H3/t10-/m0/s1. The molecule has 6 heteroatoms. The molecule has 0 aliphatic heterocycles. The average molecular weight is 252 g/mol. The van der Waals surface area contributed by atoms with Gasteiger partial charge >= 0.3 is 6.18 Å². The number of rotatable bonds is 3. The topological polar surface area (TPSA) is 17.1 Å². The van der Waals surface area contributed by atoms with Crippen molar-refractivity contribution in [2.75, 3.05) is 0 Å². The molecule has 1 nitrogen and oxygen atoms in total. The minimum absolute atomic E-state index is 0.477. The van der Waals surface area contributed by atoms with Crippen molar-refractivity contribution in [1.82, 2.24) is 0 Å². The van der Waals surface area contributed by atoms with Crippen molar-refractivity contribution >= 4 is 5.78 Å². The van der Waals surface area contributed by atoms with Gasteiger partial charge in [-0.15, -0.1) is 0 Å². The summed E-state index contributed by atoms with van der Waals surface area (Å²) in [6, 6.07) is 1.65. The van der Waals surface area contributed by atoms with E-state index in [2.05, 4.69) is 0 Å². The second-order valence-corrected chi connectivity index (χ2v) is 3.70. The van der Waals surface area contributed by atoms with E-state index < -0.39 is 41.5 Å². The third kappa shape index (κ3) is 3.80. The summed E-state index contributed by atoms with van der Waals surface area (Å²) in [5.41, 5.74) is -0.579. The highest BCUT2D eigenvalue weighted by atomic mass is 19.4. The Bertz CT molecular complexity index is 404. The predicted octanol–water partition coefficient (Wildman–Crippen LogP) is 3.59. The molecule has 0 aliphatic carbocycles. The van der Waals surface area contributed by atoms with Gasteiger partial charge in [-0.2, -0.15) is 13.2 Å². The second kappa shape index (κ2) is 4.81. The zero-order valence-electron chi connectivity index (χ0n) is 8.81. The number of benzene rings is 1. The van der Waals surface area contributed by atoms with E-state index in [1.807, 2.05) is 0 Å². The summed E-state index contributed by atoms with van der Waals surface area (Å²) in [5, 5.41) is 0. The van der Waals surface area contributed by atoms with Crippen molar-refractivity contribution in [3.8, 4) is 0 Å². The van der Waals surface area contributed by atoms with Crippen LogP contribution >= 0.6 is 0 Å². The number of halogens is 5. The molecule has 0 aromatic heterocycles. The summed E-state index contributed by atoms with van der Waals surface area (Å²) in [7, 11) is 0. The normalized spacial score (nSPS) is 13.5. The summed E-state index contributed by atoms with van der Waals surface area (Å²) < 4.78 is 63.5. The fourth-order valence-electron chi connectivity index (χ4n) is 1.49. The third-order valence-electron chi connectivity index (χ3n) is 2.17. The first-order valence-electron chi connectivity index (χ1n) is 4.72. The molecular weight excluding hydrogens is 243 g/mol. The molecule has 94 valence electrons. The van der Waals surface area contributed by atoms with Crippen LogP contribution in [0, 0.1) is 11.6 Å². The molecule has 0 saturated carbocycles. The Labute approximate surface area is 94.2 Å². The summed E-state index contributed by atoms with van der Waals surface area (Å²) in [4.78, 5) is 10.8. The summed E-state index contributed by atoms with van der Waals surface area (Å²) in [5.74, 6) is -5.07. The Morgan fingerprint density at radius 3 is 2.00 bits per heavy atom. The first-order valence-corrected chi connectivity index (χ1v) is 4.72. The molecule has 0 heterocycles. The molecular formula is C11H9F5O. The molecule has 0 radical (unpaired) electrons. The lowest BCUT2D eigenvalue weighted by Gasteiger charge is -2.19. The Kier molecular flexibility index (Phi) is 3.85. The third-order valence-corrected chi connectivity index (χ3v) is 2.17. The van der Waals surface area contributed by atoms with Gasteiger partial charge < -0.3 is 4.79 Å². The van der Waals surface area contributed by atoms with E-state index in [1.165, 1.54) is 0 Å². The van der Waals surface area contributed by atoms with E-state index in [1.54, 1.807) is 0 Å². The maximum absolute atomic E-state index is 12.8. The molecule has 0 unspecified atom stereocenters. The molecule has 1 atom stereocenters. The molecule has 0 aliphatic rings. The Morgan fingerprint density at radius 2 is 1.65 bits per heavy atom. The van der Waals surface area contributed by atoms with Gasteiger partial charge in [-0.05, 0) is 24.6 Å². The molecule has 0 fully saturated rings. The highest BCUT2D eigenvalue weighted by molar-refractivity contribution is 5.76. The number of alkyl halides is 3. The van der Waals surface area contributed by atoms with Crippen molar-refractivity contribution in [2.45, 2.75) is 25.4 Å². The van der Waals surface area contributed by atoms with Crippen molar-refractivity contribution in [3.63, 3.8) is 0 Å². The summed E-state index contributed by atoms with van der Waals surface area (Å²) in [6.07, 6.45) is -5.54. The van der Waals surface area contributed by atoms with Gasteiger partial charge in [0.25, 0.3) is 0 Å². The van der Waals surface area contributed by atoms with Gasteiger partial charge in [0.1, 0.15) is 17.4 Å². The maximum Gasteiger partial charge on any atom is 0.396 e. The highest BCUT2D eigenvalue weighted by Crippen LogP contribution is 2.38. The number of hydrogen-bond donors (Lipinski definition) is 0. The minimum atomic E-state index is -4.72. The number of ketones is 1. The smallest absolute Gasteiger partial charge is 0.300 e. The van der Waals surface area contributed by atoms with Gasteiger partial charge in [0, 0.05) is 12.5 Å². The van der Waals surface area contributed by atoms with Crippen molar-refractivity contribution in [2.24, 2.45) is 0 Å². The second-order valence-electron chi connectivity index (χ2n) is 3.70. The molecule has 0 amide bonds. The van der Waals surface area contributed by atoms with E-state index in [-0.39, 0.29) is 0 Å². The lowest BCUT2D eigenvalue weighted by atomic mass is 9.93. The van der Waals surface area contributed by atoms with Crippen LogP contribution in [0.5, 0.6) is 0 Å². The molecule has 1 rings (SSSR count). The molecule has 0 bridgehead atoms. The van der Waals surface area contributed by atoms with E-state index in [9.17, 15) is 26.7 Å². The molecule has 1 aromatic carbocycles. The SMILES string of the molecule is CC(=O)C[C@@H](c1cc(F)cc(F)c1)C(F)(F)F. The van der Waals surface area contributed by atoms with Crippen LogP contribution < -0.4 is 0 Å². The van der Waals surface area contributed by atoms with Gasteiger partial charge in [-0.1, -0.05) is 0 Å².